The molecule has 1 heterocycles. The number of hydrogen-bond acceptors (Lipinski definition) is 4. The average Bonchev–Trinajstić information content (AvgIpc) is 2.73. The molecule has 0 radical (unpaired) electrons. The molecule has 146 valence electrons. The molecule has 0 aliphatic carbocycles. The lowest BCUT2D eigenvalue weighted by molar-refractivity contribution is 0.0940. The summed E-state index contributed by atoms with van der Waals surface area (Å²) in [7, 11) is 1.56. The Labute approximate surface area is 167 Å². The van der Waals surface area contributed by atoms with Gasteiger partial charge in [-0.15, -0.1) is 0 Å². The molecule has 0 saturated heterocycles. The lowest BCUT2D eigenvalue weighted by Gasteiger charge is -2.15. The Balaban J connectivity index is 1.68. The zero-order valence-electron chi connectivity index (χ0n) is 16.5. The van der Waals surface area contributed by atoms with Crippen LogP contribution in [0, 0.1) is 6.92 Å². The van der Waals surface area contributed by atoms with Gasteiger partial charge in [0.05, 0.1) is 23.9 Å². The fraction of sp³-hybridized carbons (Fsp3) is 0.167. The molecular formula is C24H21NO4. The molecule has 5 heteroatoms. The molecule has 1 aromatic heterocycles. The highest BCUT2D eigenvalue weighted by atomic mass is 16.5. The van der Waals surface area contributed by atoms with Gasteiger partial charge >= 0.3 is 0 Å². The molecule has 1 N–H and O–H groups in total. The summed E-state index contributed by atoms with van der Waals surface area (Å²) in [6.45, 7) is 3.95. The summed E-state index contributed by atoms with van der Waals surface area (Å²) in [4.78, 5) is 25.6. The van der Waals surface area contributed by atoms with E-state index < -0.39 is 0 Å². The summed E-state index contributed by atoms with van der Waals surface area (Å²) in [6.07, 6.45) is 0. The number of rotatable bonds is 4. The molecule has 1 atom stereocenters. The van der Waals surface area contributed by atoms with Gasteiger partial charge in [0.15, 0.2) is 0 Å². The Hall–Kier alpha value is -3.60. The summed E-state index contributed by atoms with van der Waals surface area (Å²) in [5.74, 6) is 0.371. The first-order valence-electron chi connectivity index (χ1n) is 9.38. The van der Waals surface area contributed by atoms with Crippen molar-refractivity contribution in [2.45, 2.75) is 19.9 Å². The molecule has 1 unspecified atom stereocenters. The number of carbonyl (C=O) groups is 1. The monoisotopic (exact) mass is 387 g/mol. The molecule has 1 amide bonds. The summed E-state index contributed by atoms with van der Waals surface area (Å²) in [6, 6.07) is 17.8. The van der Waals surface area contributed by atoms with Gasteiger partial charge in [-0.2, -0.15) is 0 Å². The fourth-order valence-electron chi connectivity index (χ4n) is 3.32. The van der Waals surface area contributed by atoms with E-state index >= 15 is 0 Å². The topological polar surface area (TPSA) is 68.5 Å². The van der Waals surface area contributed by atoms with E-state index in [1.54, 1.807) is 43.5 Å². The van der Waals surface area contributed by atoms with E-state index in [-0.39, 0.29) is 17.4 Å². The second-order valence-electron chi connectivity index (χ2n) is 7.11. The predicted molar refractivity (Wildman–Crippen MR) is 114 cm³/mol. The maximum Gasteiger partial charge on any atom is 0.251 e. The molecule has 0 aliphatic rings. The van der Waals surface area contributed by atoms with Crippen molar-refractivity contribution in [3.8, 4) is 5.75 Å². The van der Waals surface area contributed by atoms with Gasteiger partial charge in [0, 0.05) is 11.6 Å². The largest absolute Gasteiger partial charge is 0.497 e. The smallest absolute Gasteiger partial charge is 0.251 e. The molecule has 4 aromatic rings. The highest BCUT2D eigenvalue weighted by Gasteiger charge is 2.15. The van der Waals surface area contributed by atoms with Gasteiger partial charge in [-0.05, 0) is 49.7 Å². The van der Waals surface area contributed by atoms with Crippen LogP contribution >= 0.6 is 0 Å². The van der Waals surface area contributed by atoms with Crippen molar-refractivity contribution in [1.29, 1.82) is 0 Å². The number of carbonyl (C=O) groups excluding carboxylic acids is 1. The molecule has 0 saturated carbocycles. The number of benzene rings is 3. The van der Waals surface area contributed by atoms with Crippen LogP contribution in [0.2, 0.25) is 0 Å². The van der Waals surface area contributed by atoms with Gasteiger partial charge in [-0.3, -0.25) is 9.59 Å². The number of methoxy groups -OCH3 is 1. The lowest BCUT2D eigenvalue weighted by atomic mass is 10.1. The van der Waals surface area contributed by atoms with E-state index in [0.29, 0.717) is 33.3 Å². The fourth-order valence-corrected chi connectivity index (χ4v) is 3.32. The summed E-state index contributed by atoms with van der Waals surface area (Å²) in [5, 5.41) is 3.80. The van der Waals surface area contributed by atoms with Crippen LogP contribution in [0.5, 0.6) is 5.75 Å². The summed E-state index contributed by atoms with van der Waals surface area (Å²) >= 11 is 0. The predicted octanol–water partition coefficient (Wildman–Crippen LogP) is 4.75. The lowest BCUT2D eigenvalue weighted by Crippen LogP contribution is -2.26. The minimum Gasteiger partial charge on any atom is -0.497 e. The SMILES string of the molecule is COc1ccc2c(=O)c3cc(C(=O)NC(C)c4ccc(C)cc4)ccc3oc2c1. The first-order chi connectivity index (χ1) is 14.0. The van der Waals surface area contributed by atoms with Crippen LogP contribution in [-0.4, -0.2) is 13.0 Å². The summed E-state index contributed by atoms with van der Waals surface area (Å²) in [5.41, 5.74) is 3.30. The highest BCUT2D eigenvalue weighted by Crippen LogP contribution is 2.23. The second-order valence-corrected chi connectivity index (χ2v) is 7.11. The Morgan fingerprint density at radius 3 is 2.45 bits per heavy atom. The normalized spacial score (nSPS) is 12.1. The second kappa shape index (κ2) is 7.43. The van der Waals surface area contributed by atoms with Crippen molar-refractivity contribution in [3.05, 3.63) is 87.6 Å². The Morgan fingerprint density at radius 2 is 1.72 bits per heavy atom. The van der Waals surface area contributed by atoms with Crippen LogP contribution in [-0.2, 0) is 0 Å². The van der Waals surface area contributed by atoms with Crippen molar-refractivity contribution in [3.63, 3.8) is 0 Å². The molecule has 4 rings (SSSR count). The number of aryl methyl sites for hydroxylation is 1. The van der Waals surface area contributed by atoms with Crippen LogP contribution in [0.15, 0.2) is 69.9 Å². The van der Waals surface area contributed by atoms with Crippen LogP contribution in [0.1, 0.15) is 34.5 Å². The van der Waals surface area contributed by atoms with E-state index in [9.17, 15) is 9.59 Å². The molecule has 29 heavy (non-hydrogen) atoms. The molecule has 0 bridgehead atoms. The van der Waals surface area contributed by atoms with Crippen LogP contribution in [0.3, 0.4) is 0 Å². The van der Waals surface area contributed by atoms with Crippen molar-refractivity contribution in [1.82, 2.24) is 5.32 Å². The standard InChI is InChI=1S/C24H21NO4/c1-14-4-6-16(7-5-14)15(2)25-24(27)17-8-11-21-20(12-17)23(26)19-10-9-18(28-3)13-22(19)29-21/h4-13,15H,1-3H3,(H,25,27). The first kappa shape index (κ1) is 18.7. The van der Waals surface area contributed by atoms with Crippen LogP contribution < -0.4 is 15.5 Å². The third-order valence-electron chi connectivity index (χ3n) is 5.06. The maximum absolute atomic E-state index is 12.9. The van der Waals surface area contributed by atoms with Crippen molar-refractivity contribution in [2.24, 2.45) is 0 Å². The average molecular weight is 387 g/mol. The van der Waals surface area contributed by atoms with Gasteiger partial charge in [-0.25, -0.2) is 0 Å². The number of nitrogens with one attached hydrogen (secondary N) is 1. The van der Waals surface area contributed by atoms with Gasteiger partial charge in [0.2, 0.25) is 5.43 Å². The molecule has 5 nitrogen and oxygen atoms in total. The number of ether oxygens (including phenoxy) is 1. The summed E-state index contributed by atoms with van der Waals surface area (Å²) < 4.78 is 11.0. The van der Waals surface area contributed by atoms with Gasteiger partial charge in [-0.1, -0.05) is 29.8 Å². The molecule has 0 spiro atoms. The zero-order valence-corrected chi connectivity index (χ0v) is 16.5. The minimum absolute atomic E-state index is 0.153. The first-order valence-corrected chi connectivity index (χ1v) is 9.38. The number of fused-ring (bicyclic) bond motifs is 2. The van der Waals surface area contributed by atoms with Gasteiger partial charge in [0.25, 0.3) is 5.91 Å². The van der Waals surface area contributed by atoms with Crippen LogP contribution in [0.25, 0.3) is 21.9 Å². The molecule has 0 fully saturated rings. The van der Waals surface area contributed by atoms with Crippen molar-refractivity contribution < 1.29 is 13.9 Å². The highest BCUT2D eigenvalue weighted by molar-refractivity contribution is 5.99. The quantitative estimate of drug-likeness (QED) is 0.513. The number of hydrogen-bond donors (Lipinski definition) is 1. The molecule has 0 aliphatic heterocycles. The maximum atomic E-state index is 12.9. The molecule has 3 aromatic carbocycles. The molecular weight excluding hydrogens is 366 g/mol. The van der Waals surface area contributed by atoms with E-state index in [1.165, 1.54) is 5.56 Å². The zero-order chi connectivity index (χ0) is 20.5. The van der Waals surface area contributed by atoms with Crippen LogP contribution in [0.4, 0.5) is 0 Å². The van der Waals surface area contributed by atoms with Gasteiger partial charge in [0.1, 0.15) is 16.9 Å². The van der Waals surface area contributed by atoms with Crippen molar-refractivity contribution >= 4 is 27.8 Å². The number of amides is 1. The van der Waals surface area contributed by atoms with E-state index in [4.69, 9.17) is 9.15 Å². The third-order valence-corrected chi connectivity index (χ3v) is 5.06. The Kier molecular flexibility index (Phi) is 4.80. The Morgan fingerprint density at radius 1 is 0.966 bits per heavy atom. The van der Waals surface area contributed by atoms with E-state index in [1.807, 2.05) is 38.1 Å². The van der Waals surface area contributed by atoms with Gasteiger partial charge < -0.3 is 14.5 Å². The van der Waals surface area contributed by atoms with E-state index in [0.717, 1.165) is 5.56 Å². The van der Waals surface area contributed by atoms with E-state index in [2.05, 4.69) is 5.32 Å². The third kappa shape index (κ3) is 3.59. The van der Waals surface area contributed by atoms with Crippen molar-refractivity contribution in [2.75, 3.05) is 7.11 Å². The minimum atomic E-state index is -0.241. The Bertz CT molecular complexity index is 1270.